The molecule has 0 spiro atoms. The topological polar surface area (TPSA) is 59.8 Å². The van der Waals surface area contributed by atoms with Crippen LogP contribution in [0.15, 0.2) is 40.8 Å². The zero-order chi connectivity index (χ0) is 15.4. The van der Waals surface area contributed by atoms with Gasteiger partial charge < -0.3 is 14.1 Å². The van der Waals surface area contributed by atoms with Gasteiger partial charge in [-0.3, -0.25) is 4.79 Å². The average Bonchev–Trinajstić information content (AvgIpc) is 2.83. The van der Waals surface area contributed by atoms with Crippen LogP contribution in [0.4, 0.5) is 5.69 Å². The van der Waals surface area contributed by atoms with Gasteiger partial charge in [0.1, 0.15) is 17.1 Å². The molecule has 0 atom stereocenters. The number of carbonyl (C=O) groups excluding carboxylic acids is 2. The first-order chi connectivity index (χ1) is 9.99. The fraction of sp³-hybridized carbons (Fsp3) is 0.250. The summed E-state index contributed by atoms with van der Waals surface area (Å²) in [5.74, 6) is 0.264. The summed E-state index contributed by atoms with van der Waals surface area (Å²) < 4.78 is 10.3. The highest BCUT2D eigenvalue weighted by molar-refractivity contribution is 5.97. The van der Waals surface area contributed by atoms with Crippen LogP contribution in [0, 0.1) is 13.8 Å². The molecule has 5 nitrogen and oxygen atoms in total. The normalized spacial score (nSPS) is 10.2. The molecule has 2 aromatic rings. The maximum atomic E-state index is 12.0. The van der Waals surface area contributed by atoms with E-state index in [2.05, 4.69) is 0 Å². The molecule has 0 aliphatic heterocycles. The van der Waals surface area contributed by atoms with E-state index in [0.29, 0.717) is 17.1 Å². The molecule has 0 saturated heterocycles. The molecule has 1 aromatic heterocycles. The molecular weight excluding hydrogens is 270 g/mol. The van der Waals surface area contributed by atoms with Crippen molar-refractivity contribution in [2.75, 3.05) is 18.6 Å². The number of ether oxygens (including phenoxy) is 1. The molecule has 2 rings (SSSR count). The SMILES string of the molecule is Cc1cc(C(=O)OCC(=O)N(C)c2ccccc2)c(C)o1. The quantitative estimate of drug-likeness (QED) is 0.811. The number of para-hydroxylation sites is 1. The molecule has 0 N–H and O–H groups in total. The van der Waals surface area contributed by atoms with Crippen molar-refractivity contribution >= 4 is 17.6 Å². The summed E-state index contributed by atoms with van der Waals surface area (Å²) in [7, 11) is 1.64. The van der Waals surface area contributed by atoms with Crippen LogP contribution in [0.25, 0.3) is 0 Å². The van der Waals surface area contributed by atoms with Crippen LogP contribution in [0.5, 0.6) is 0 Å². The molecule has 5 heteroatoms. The van der Waals surface area contributed by atoms with Crippen molar-refractivity contribution in [3.63, 3.8) is 0 Å². The highest BCUT2D eigenvalue weighted by Gasteiger charge is 2.18. The summed E-state index contributed by atoms with van der Waals surface area (Å²) in [6, 6.07) is 10.8. The van der Waals surface area contributed by atoms with Crippen LogP contribution in [-0.4, -0.2) is 25.5 Å². The predicted molar refractivity (Wildman–Crippen MR) is 78.3 cm³/mol. The summed E-state index contributed by atoms with van der Waals surface area (Å²) in [6.45, 7) is 3.12. The Balaban J connectivity index is 1.95. The highest BCUT2D eigenvalue weighted by Crippen LogP contribution is 2.15. The number of amides is 1. The first kappa shape index (κ1) is 14.8. The lowest BCUT2D eigenvalue weighted by atomic mass is 10.2. The second-order valence-electron chi connectivity index (χ2n) is 4.69. The molecule has 1 heterocycles. The lowest BCUT2D eigenvalue weighted by Crippen LogP contribution is -2.31. The number of benzene rings is 1. The number of anilines is 1. The fourth-order valence-electron chi connectivity index (χ4n) is 1.93. The molecule has 110 valence electrons. The molecule has 0 bridgehead atoms. The van der Waals surface area contributed by atoms with E-state index < -0.39 is 5.97 Å². The number of esters is 1. The van der Waals surface area contributed by atoms with Gasteiger partial charge in [0.2, 0.25) is 0 Å². The molecule has 1 aromatic carbocycles. The van der Waals surface area contributed by atoms with Gasteiger partial charge in [-0.2, -0.15) is 0 Å². The minimum absolute atomic E-state index is 0.299. The van der Waals surface area contributed by atoms with E-state index in [-0.39, 0.29) is 12.5 Å². The zero-order valence-electron chi connectivity index (χ0n) is 12.3. The van der Waals surface area contributed by atoms with Crippen molar-refractivity contribution in [1.29, 1.82) is 0 Å². The van der Waals surface area contributed by atoms with Gasteiger partial charge in [-0.15, -0.1) is 0 Å². The Labute approximate surface area is 123 Å². The summed E-state index contributed by atoms with van der Waals surface area (Å²) in [5.41, 5.74) is 1.09. The predicted octanol–water partition coefficient (Wildman–Crippen LogP) is 2.72. The summed E-state index contributed by atoms with van der Waals surface area (Å²) in [5, 5.41) is 0. The Bertz CT molecular complexity index is 646. The number of carbonyl (C=O) groups is 2. The lowest BCUT2D eigenvalue weighted by Gasteiger charge is -2.16. The number of likely N-dealkylation sites (N-methyl/N-ethyl adjacent to an activating group) is 1. The third kappa shape index (κ3) is 3.51. The molecule has 1 amide bonds. The second-order valence-corrected chi connectivity index (χ2v) is 4.69. The van der Waals surface area contributed by atoms with Crippen LogP contribution in [0.1, 0.15) is 21.9 Å². The Hall–Kier alpha value is -2.56. The van der Waals surface area contributed by atoms with Gasteiger partial charge in [0.25, 0.3) is 5.91 Å². The van der Waals surface area contributed by atoms with Crippen molar-refractivity contribution in [2.24, 2.45) is 0 Å². The monoisotopic (exact) mass is 287 g/mol. The number of nitrogens with zero attached hydrogens (tertiary/aromatic N) is 1. The number of aryl methyl sites for hydroxylation is 2. The molecule has 0 unspecified atom stereocenters. The van der Waals surface area contributed by atoms with Crippen molar-refractivity contribution in [3.05, 3.63) is 53.5 Å². The number of hydrogen-bond acceptors (Lipinski definition) is 4. The van der Waals surface area contributed by atoms with Crippen molar-refractivity contribution in [3.8, 4) is 0 Å². The van der Waals surface area contributed by atoms with Crippen molar-refractivity contribution in [1.82, 2.24) is 0 Å². The number of rotatable bonds is 4. The summed E-state index contributed by atoms with van der Waals surface area (Å²) >= 11 is 0. The first-order valence-corrected chi connectivity index (χ1v) is 6.55. The maximum Gasteiger partial charge on any atom is 0.342 e. The van der Waals surface area contributed by atoms with Gasteiger partial charge in [-0.25, -0.2) is 4.79 Å². The largest absolute Gasteiger partial charge is 0.466 e. The molecule has 0 saturated carbocycles. The zero-order valence-corrected chi connectivity index (χ0v) is 12.3. The number of hydrogen-bond donors (Lipinski definition) is 0. The van der Waals surface area contributed by atoms with Crippen LogP contribution >= 0.6 is 0 Å². The van der Waals surface area contributed by atoms with Crippen molar-refractivity contribution in [2.45, 2.75) is 13.8 Å². The Morgan fingerprint density at radius 1 is 1.19 bits per heavy atom. The Morgan fingerprint density at radius 2 is 1.86 bits per heavy atom. The van der Waals surface area contributed by atoms with Crippen LogP contribution in [0.3, 0.4) is 0 Å². The second kappa shape index (κ2) is 6.26. The lowest BCUT2D eigenvalue weighted by molar-refractivity contribution is -0.121. The van der Waals surface area contributed by atoms with Crippen LogP contribution in [0.2, 0.25) is 0 Å². The summed E-state index contributed by atoms with van der Waals surface area (Å²) in [4.78, 5) is 25.3. The molecule has 0 aliphatic carbocycles. The third-order valence-corrected chi connectivity index (χ3v) is 3.11. The van der Waals surface area contributed by atoms with Gasteiger partial charge in [-0.05, 0) is 32.0 Å². The summed E-state index contributed by atoms with van der Waals surface area (Å²) in [6.07, 6.45) is 0. The minimum Gasteiger partial charge on any atom is -0.466 e. The van der Waals surface area contributed by atoms with Gasteiger partial charge in [-0.1, -0.05) is 18.2 Å². The standard InChI is InChI=1S/C16H17NO4/c1-11-9-14(12(2)21-11)16(19)20-10-15(18)17(3)13-7-5-4-6-8-13/h4-9H,10H2,1-3H3. The molecule has 0 aliphatic rings. The van der Waals surface area contributed by atoms with E-state index in [1.165, 1.54) is 4.90 Å². The fourth-order valence-corrected chi connectivity index (χ4v) is 1.93. The van der Waals surface area contributed by atoms with Crippen LogP contribution in [-0.2, 0) is 9.53 Å². The van der Waals surface area contributed by atoms with Crippen molar-refractivity contribution < 1.29 is 18.7 Å². The highest BCUT2D eigenvalue weighted by atomic mass is 16.5. The Morgan fingerprint density at radius 3 is 2.43 bits per heavy atom. The van der Waals surface area contributed by atoms with E-state index in [0.717, 1.165) is 5.69 Å². The third-order valence-electron chi connectivity index (χ3n) is 3.11. The Kier molecular flexibility index (Phi) is 4.42. The van der Waals surface area contributed by atoms with Crippen LogP contribution < -0.4 is 4.90 Å². The molecule has 21 heavy (non-hydrogen) atoms. The molecule has 0 fully saturated rings. The van der Waals surface area contributed by atoms with E-state index >= 15 is 0 Å². The van der Waals surface area contributed by atoms with E-state index in [9.17, 15) is 9.59 Å². The van der Waals surface area contributed by atoms with Gasteiger partial charge in [0.05, 0.1) is 0 Å². The number of furan rings is 1. The maximum absolute atomic E-state index is 12.0. The van der Waals surface area contributed by atoms with Gasteiger partial charge in [0, 0.05) is 12.7 Å². The van der Waals surface area contributed by atoms with Gasteiger partial charge >= 0.3 is 5.97 Å². The van der Waals surface area contributed by atoms with E-state index in [1.54, 1.807) is 27.0 Å². The molecule has 0 radical (unpaired) electrons. The van der Waals surface area contributed by atoms with Gasteiger partial charge in [0.15, 0.2) is 6.61 Å². The minimum atomic E-state index is -0.556. The average molecular weight is 287 g/mol. The first-order valence-electron chi connectivity index (χ1n) is 6.55. The molecular formula is C16H17NO4. The smallest absolute Gasteiger partial charge is 0.342 e. The van der Waals surface area contributed by atoms with E-state index in [4.69, 9.17) is 9.15 Å². The van der Waals surface area contributed by atoms with E-state index in [1.807, 2.05) is 30.3 Å².